The minimum atomic E-state index is 0.589. The highest BCUT2D eigenvalue weighted by Gasteiger charge is 2.07. The van der Waals surface area contributed by atoms with Gasteiger partial charge in [-0.3, -0.25) is 0 Å². The van der Waals surface area contributed by atoms with Crippen LogP contribution >= 0.6 is 11.3 Å². The van der Waals surface area contributed by atoms with Crippen LogP contribution in [0.15, 0.2) is 21.2 Å². The molecule has 2 aromatic heterocycles. The fourth-order valence-electron chi connectivity index (χ4n) is 0.979. The highest BCUT2D eigenvalue weighted by Crippen LogP contribution is 2.20. The summed E-state index contributed by atoms with van der Waals surface area (Å²) in [5.41, 5.74) is 0.986. The summed E-state index contributed by atoms with van der Waals surface area (Å²) < 4.78 is 5.39. The van der Waals surface area contributed by atoms with E-state index in [2.05, 4.69) is 15.5 Å². The van der Waals surface area contributed by atoms with Crippen LogP contribution in [0.3, 0.4) is 0 Å². The molecule has 2 heterocycles. The molecule has 4 nitrogen and oxygen atoms in total. The molecule has 0 aliphatic heterocycles. The van der Waals surface area contributed by atoms with Crippen molar-refractivity contribution >= 4 is 11.3 Å². The van der Waals surface area contributed by atoms with Crippen molar-refractivity contribution < 1.29 is 4.42 Å². The van der Waals surface area contributed by atoms with E-state index in [1.165, 1.54) is 0 Å². The van der Waals surface area contributed by atoms with Crippen LogP contribution in [-0.4, -0.2) is 17.2 Å². The lowest BCUT2D eigenvalue weighted by Gasteiger charge is -1.88. The molecular formula is C8H9N3OS. The number of aromatic nitrogens is 2. The number of nitrogens with zero attached hydrogens (tertiary/aromatic N) is 2. The first-order chi connectivity index (χ1) is 6.40. The maximum Gasteiger partial charge on any atom is 0.248 e. The van der Waals surface area contributed by atoms with Gasteiger partial charge in [0.2, 0.25) is 11.8 Å². The number of rotatable bonds is 3. The molecule has 0 aromatic carbocycles. The summed E-state index contributed by atoms with van der Waals surface area (Å²) in [6.45, 7) is 0.608. The molecule has 5 heteroatoms. The van der Waals surface area contributed by atoms with E-state index in [1.807, 2.05) is 23.9 Å². The Kier molecular flexibility index (Phi) is 2.37. The van der Waals surface area contributed by atoms with Gasteiger partial charge in [-0.15, -0.1) is 10.2 Å². The van der Waals surface area contributed by atoms with E-state index in [0.717, 1.165) is 5.56 Å². The van der Waals surface area contributed by atoms with Crippen molar-refractivity contribution in [3.63, 3.8) is 0 Å². The minimum absolute atomic E-state index is 0.589. The highest BCUT2D eigenvalue weighted by atomic mass is 32.1. The second kappa shape index (κ2) is 3.68. The van der Waals surface area contributed by atoms with Crippen molar-refractivity contribution in [3.05, 3.63) is 22.7 Å². The smallest absolute Gasteiger partial charge is 0.248 e. The standard InChI is InChI=1S/C8H9N3OS/c1-9-4-7-10-11-8(12-7)6-2-3-13-5-6/h2-3,5,9H,4H2,1H3. The molecule has 0 bridgehead atoms. The Labute approximate surface area is 79.6 Å². The third-order valence-electron chi connectivity index (χ3n) is 1.56. The predicted molar refractivity (Wildman–Crippen MR) is 50.4 cm³/mol. The monoisotopic (exact) mass is 195 g/mol. The summed E-state index contributed by atoms with van der Waals surface area (Å²) in [4.78, 5) is 0. The highest BCUT2D eigenvalue weighted by molar-refractivity contribution is 7.08. The molecule has 0 aliphatic rings. The fourth-order valence-corrected chi connectivity index (χ4v) is 1.61. The first-order valence-electron chi connectivity index (χ1n) is 3.89. The molecule has 0 amide bonds. The average Bonchev–Trinajstić information content (AvgIpc) is 2.70. The number of thiophene rings is 1. The zero-order valence-corrected chi connectivity index (χ0v) is 7.97. The molecule has 13 heavy (non-hydrogen) atoms. The van der Waals surface area contributed by atoms with Crippen LogP contribution in [0.2, 0.25) is 0 Å². The third-order valence-corrected chi connectivity index (χ3v) is 2.25. The van der Waals surface area contributed by atoms with Gasteiger partial charge in [0.1, 0.15) is 0 Å². The van der Waals surface area contributed by atoms with E-state index in [4.69, 9.17) is 4.42 Å². The Morgan fingerprint density at radius 2 is 2.46 bits per heavy atom. The molecule has 0 saturated heterocycles. The van der Waals surface area contributed by atoms with E-state index < -0.39 is 0 Å². The van der Waals surface area contributed by atoms with Gasteiger partial charge in [-0.1, -0.05) is 0 Å². The second-order valence-corrected chi connectivity index (χ2v) is 3.32. The Morgan fingerprint density at radius 3 is 3.15 bits per heavy atom. The molecule has 2 rings (SSSR count). The first-order valence-corrected chi connectivity index (χ1v) is 4.84. The molecule has 0 fully saturated rings. The SMILES string of the molecule is CNCc1nnc(-c2ccsc2)o1. The lowest BCUT2D eigenvalue weighted by Crippen LogP contribution is -2.04. The lowest BCUT2D eigenvalue weighted by atomic mass is 10.3. The van der Waals surface area contributed by atoms with Crippen molar-refractivity contribution in [2.24, 2.45) is 0 Å². The van der Waals surface area contributed by atoms with E-state index in [1.54, 1.807) is 11.3 Å². The average molecular weight is 195 g/mol. The maximum absolute atomic E-state index is 5.39. The molecule has 0 radical (unpaired) electrons. The van der Waals surface area contributed by atoms with Crippen molar-refractivity contribution in [2.45, 2.75) is 6.54 Å². The van der Waals surface area contributed by atoms with Crippen molar-refractivity contribution in [1.82, 2.24) is 15.5 Å². The predicted octanol–water partition coefficient (Wildman–Crippen LogP) is 1.52. The molecule has 1 N–H and O–H groups in total. The van der Waals surface area contributed by atoms with Crippen LogP contribution in [0, 0.1) is 0 Å². The number of hydrogen-bond acceptors (Lipinski definition) is 5. The lowest BCUT2D eigenvalue weighted by molar-refractivity contribution is 0.490. The maximum atomic E-state index is 5.39. The van der Waals surface area contributed by atoms with Crippen LogP contribution in [0.4, 0.5) is 0 Å². The molecule has 2 aromatic rings. The van der Waals surface area contributed by atoms with Gasteiger partial charge in [0.25, 0.3) is 0 Å². The summed E-state index contributed by atoms with van der Waals surface area (Å²) >= 11 is 1.61. The van der Waals surface area contributed by atoms with E-state index in [9.17, 15) is 0 Å². The van der Waals surface area contributed by atoms with Crippen molar-refractivity contribution in [3.8, 4) is 11.5 Å². The largest absolute Gasteiger partial charge is 0.419 e. The molecule has 0 atom stereocenters. The van der Waals surface area contributed by atoms with E-state index >= 15 is 0 Å². The second-order valence-electron chi connectivity index (χ2n) is 2.54. The number of hydrogen-bond donors (Lipinski definition) is 1. The van der Waals surface area contributed by atoms with Gasteiger partial charge in [-0.05, 0) is 18.5 Å². The first kappa shape index (κ1) is 8.40. The normalized spacial score (nSPS) is 10.5. The van der Waals surface area contributed by atoms with Crippen molar-refractivity contribution in [2.75, 3.05) is 7.05 Å². The zero-order valence-electron chi connectivity index (χ0n) is 7.15. The summed E-state index contributed by atoms with van der Waals surface area (Å²) in [5, 5.41) is 14.7. The molecule has 0 aliphatic carbocycles. The van der Waals surface area contributed by atoms with Gasteiger partial charge >= 0.3 is 0 Å². The van der Waals surface area contributed by atoms with Gasteiger partial charge < -0.3 is 9.73 Å². The molecule has 68 valence electrons. The Balaban J connectivity index is 2.23. The minimum Gasteiger partial charge on any atom is -0.419 e. The van der Waals surface area contributed by atoms with E-state index in [-0.39, 0.29) is 0 Å². The molecule has 0 saturated carbocycles. The van der Waals surface area contributed by atoms with Crippen LogP contribution in [-0.2, 0) is 6.54 Å². The molecule has 0 spiro atoms. The van der Waals surface area contributed by atoms with E-state index in [0.29, 0.717) is 18.3 Å². The van der Waals surface area contributed by atoms with Crippen LogP contribution in [0.1, 0.15) is 5.89 Å². The quantitative estimate of drug-likeness (QED) is 0.806. The van der Waals surface area contributed by atoms with Crippen LogP contribution in [0.25, 0.3) is 11.5 Å². The topological polar surface area (TPSA) is 51.0 Å². The Hall–Kier alpha value is -1.20. The Morgan fingerprint density at radius 1 is 1.54 bits per heavy atom. The summed E-state index contributed by atoms with van der Waals surface area (Å²) in [6.07, 6.45) is 0. The van der Waals surface area contributed by atoms with Gasteiger partial charge in [-0.2, -0.15) is 11.3 Å². The van der Waals surface area contributed by atoms with Crippen LogP contribution < -0.4 is 5.32 Å². The van der Waals surface area contributed by atoms with Crippen LogP contribution in [0.5, 0.6) is 0 Å². The summed E-state index contributed by atoms with van der Waals surface area (Å²) in [5.74, 6) is 1.20. The molecular weight excluding hydrogens is 186 g/mol. The fraction of sp³-hybridized carbons (Fsp3) is 0.250. The molecule has 0 unspecified atom stereocenters. The van der Waals surface area contributed by atoms with Gasteiger partial charge in [0.05, 0.1) is 6.54 Å². The van der Waals surface area contributed by atoms with Crippen molar-refractivity contribution in [1.29, 1.82) is 0 Å². The van der Waals surface area contributed by atoms with Gasteiger partial charge in [0.15, 0.2) is 0 Å². The van der Waals surface area contributed by atoms with Gasteiger partial charge in [-0.25, -0.2) is 0 Å². The summed E-state index contributed by atoms with van der Waals surface area (Å²) in [7, 11) is 1.84. The Bertz CT molecular complexity index is 368. The zero-order chi connectivity index (χ0) is 9.10. The third kappa shape index (κ3) is 1.76. The summed E-state index contributed by atoms with van der Waals surface area (Å²) in [6, 6.07) is 1.96. The van der Waals surface area contributed by atoms with Gasteiger partial charge in [0, 0.05) is 10.9 Å². The number of nitrogens with one attached hydrogen (secondary N) is 1.